The standard InChI is InChI=1S/C7H7IO2S/c8-7(11(9)10)6-4-2-1-3-5-6/h1-5,7H,(H,9,10). The molecule has 0 aliphatic carbocycles. The number of hydrogen-bond donors (Lipinski definition) is 1. The SMILES string of the molecule is O=S(O)C(I)c1ccccc1. The van der Waals surface area contributed by atoms with Crippen LogP contribution in [0.2, 0.25) is 0 Å². The van der Waals surface area contributed by atoms with Crippen molar-refractivity contribution in [2.75, 3.05) is 0 Å². The van der Waals surface area contributed by atoms with E-state index in [-0.39, 0.29) is 3.26 Å². The minimum Gasteiger partial charge on any atom is -0.305 e. The van der Waals surface area contributed by atoms with Crippen molar-refractivity contribution in [3.8, 4) is 0 Å². The van der Waals surface area contributed by atoms with Crippen molar-refractivity contribution < 1.29 is 8.76 Å². The highest BCUT2D eigenvalue weighted by Gasteiger charge is 2.11. The third-order valence-electron chi connectivity index (χ3n) is 1.24. The molecule has 0 spiro atoms. The van der Waals surface area contributed by atoms with Crippen LogP contribution >= 0.6 is 22.6 Å². The third-order valence-corrected chi connectivity index (χ3v) is 3.89. The maximum Gasteiger partial charge on any atom is 0.170 e. The molecule has 0 bridgehead atoms. The van der Waals surface area contributed by atoms with Crippen LogP contribution < -0.4 is 0 Å². The topological polar surface area (TPSA) is 37.3 Å². The van der Waals surface area contributed by atoms with Crippen LogP contribution in [0.3, 0.4) is 0 Å². The van der Waals surface area contributed by atoms with Crippen LogP contribution in [0, 0.1) is 0 Å². The summed E-state index contributed by atoms with van der Waals surface area (Å²) in [5, 5.41) is 0. The van der Waals surface area contributed by atoms with Crippen molar-refractivity contribution in [1.82, 2.24) is 0 Å². The summed E-state index contributed by atoms with van der Waals surface area (Å²) in [5.41, 5.74) is 0.883. The fourth-order valence-corrected chi connectivity index (χ4v) is 1.53. The van der Waals surface area contributed by atoms with Crippen molar-refractivity contribution in [3.63, 3.8) is 0 Å². The second-order valence-corrected chi connectivity index (χ2v) is 5.12. The van der Waals surface area contributed by atoms with E-state index >= 15 is 0 Å². The lowest BCUT2D eigenvalue weighted by molar-refractivity contribution is 0.564. The molecule has 4 heteroatoms. The molecule has 0 saturated heterocycles. The summed E-state index contributed by atoms with van der Waals surface area (Å²) in [6.07, 6.45) is 0. The van der Waals surface area contributed by atoms with Crippen LogP contribution in [0.5, 0.6) is 0 Å². The van der Waals surface area contributed by atoms with Gasteiger partial charge in [-0.25, -0.2) is 4.21 Å². The first-order chi connectivity index (χ1) is 5.22. The Morgan fingerprint density at radius 1 is 1.36 bits per heavy atom. The van der Waals surface area contributed by atoms with Gasteiger partial charge in [0.2, 0.25) is 0 Å². The first-order valence-electron chi connectivity index (χ1n) is 3.00. The van der Waals surface area contributed by atoms with Gasteiger partial charge < -0.3 is 4.55 Å². The first-order valence-corrected chi connectivity index (χ1v) is 5.42. The van der Waals surface area contributed by atoms with Gasteiger partial charge in [-0.2, -0.15) is 0 Å². The minimum atomic E-state index is -1.77. The predicted molar refractivity (Wildman–Crippen MR) is 54.0 cm³/mol. The molecule has 0 amide bonds. The highest BCUT2D eigenvalue weighted by molar-refractivity contribution is 14.1. The van der Waals surface area contributed by atoms with E-state index in [2.05, 4.69) is 0 Å². The molecule has 0 fully saturated rings. The monoisotopic (exact) mass is 282 g/mol. The molecular weight excluding hydrogens is 275 g/mol. The Bertz CT molecular complexity index is 250. The molecule has 1 rings (SSSR count). The van der Waals surface area contributed by atoms with E-state index in [1.165, 1.54) is 0 Å². The molecule has 0 aliphatic heterocycles. The highest BCUT2D eigenvalue weighted by Crippen LogP contribution is 2.25. The fourth-order valence-electron chi connectivity index (χ4n) is 0.721. The zero-order valence-corrected chi connectivity index (χ0v) is 8.58. The van der Waals surface area contributed by atoms with Crippen LogP contribution in [-0.4, -0.2) is 8.76 Å². The average molecular weight is 282 g/mol. The average Bonchev–Trinajstić information content (AvgIpc) is 2.05. The van der Waals surface area contributed by atoms with Gasteiger partial charge in [0.15, 0.2) is 11.1 Å². The summed E-state index contributed by atoms with van der Waals surface area (Å²) in [4.78, 5) is 0. The lowest BCUT2D eigenvalue weighted by Crippen LogP contribution is -1.96. The highest BCUT2D eigenvalue weighted by atomic mass is 127. The lowest BCUT2D eigenvalue weighted by Gasteiger charge is -2.03. The minimum absolute atomic E-state index is 0.325. The molecule has 11 heavy (non-hydrogen) atoms. The van der Waals surface area contributed by atoms with Crippen LogP contribution in [0.15, 0.2) is 30.3 Å². The van der Waals surface area contributed by atoms with Gasteiger partial charge in [-0.05, 0) is 5.56 Å². The second kappa shape index (κ2) is 4.18. The van der Waals surface area contributed by atoms with E-state index in [1.807, 2.05) is 52.9 Å². The summed E-state index contributed by atoms with van der Waals surface area (Å²) in [7, 11) is 0. The zero-order valence-electron chi connectivity index (χ0n) is 5.61. The van der Waals surface area contributed by atoms with Gasteiger partial charge >= 0.3 is 0 Å². The van der Waals surface area contributed by atoms with Crippen molar-refractivity contribution in [3.05, 3.63) is 35.9 Å². The smallest absolute Gasteiger partial charge is 0.170 e. The van der Waals surface area contributed by atoms with E-state index in [0.717, 1.165) is 5.56 Å². The Morgan fingerprint density at radius 2 is 1.91 bits per heavy atom. The van der Waals surface area contributed by atoms with Gasteiger partial charge in [-0.3, -0.25) is 0 Å². The largest absolute Gasteiger partial charge is 0.305 e. The summed E-state index contributed by atoms with van der Waals surface area (Å²) < 4.78 is 19.0. The van der Waals surface area contributed by atoms with Gasteiger partial charge in [0.05, 0.1) is 0 Å². The van der Waals surface area contributed by atoms with Gasteiger partial charge in [0.1, 0.15) is 3.26 Å². The fraction of sp³-hybridized carbons (Fsp3) is 0.143. The van der Waals surface area contributed by atoms with Crippen molar-refractivity contribution in [2.24, 2.45) is 0 Å². The molecule has 1 aromatic carbocycles. The summed E-state index contributed by atoms with van der Waals surface area (Å²) in [6.45, 7) is 0. The van der Waals surface area contributed by atoms with Gasteiger partial charge in [0.25, 0.3) is 0 Å². The molecule has 2 nitrogen and oxygen atoms in total. The Labute approximate surface area is 81.4 Å². The van der Waals surface area contributed by atoms with E-state index in [9.17, 15) is 4.21 Å². The van der Waals surface area contributed by atoms with Crippen LogP contribution in [0.25, 0.3) is 0 Å². The molecule has 0 heterocycles. The van der Waals surface area contributed by atoms with E-state index in [1.54, 1.807) is 0 Å². The normalized spacial score (nSPS) is 15.8. The quantitative estimate of drug-likeness (QED) is 0.513. The summed E-state index contributed by atoms with van der Waals surface area (Å²) in [6, 6.07) is 9.27. The zero-order chi connectivity index (χ0) is 8.27. The maximum atomic E-state index is 10.6. The number of hydrogen-bond acceptors (Lipinski definition) is 1. The molecular formula is C7H7IO2S. The molecule has 0 aromatic heterocycles. The number of alkyl halides is 1. The molecule has 60 valence electrons. The molecule has 1 N–H and O–H groups in total. The second-order valence-electron chi connectivity index (χ2n) is 2.00. The predicted octanol–water partition coefficient (Wildman–Crippen LogP) is 2.34. The third kappa shape index (κ3) is 2.53. The lowest BCUT2D eigenvalue weighted by atomic mass is 10.2. The molecule has 2 unspecified atom stereocenters. The molecule has 2 atom stereocenters. The summed E-state index contributed by atoms with van der Waals surface area (Å²) in [5.74, 6) is 0. The number of rotatable bonds is 2. The van der Waals surface area contributed by atoms with Crippen molar-refractivity contribution in [1.29, 1.82) is 0 Å². The van der Waals surface area contributed by atoms with Crippen LogP contribution in [-0.2, 0) is 11.1 Å². The van der Waals surface area contributed by atoms with E-state index < -0.39 is 11.1 Å². The number of halogens is 1. The van der Waals surface area contributed by atoms with Crippen LogP contribution in [0.4, 0.5) is 0 Å². The van der Waals surface area contributed by atoms with Crippen molar-refractivity contribution in [2.45, 2.75) is 3.26 Å². The molecule has 1 aromatic rings. The van der Waals surface area contributed by atoms with Gasteiger partial charge in [-0.15, -0.1) is 0 Å². The Balaban J connectivity index is 2.85. The maximum absolute atomic E-state index is 10.6. The molecule has 0 aliphatic rings. The van der Waals surface area contributed by atoms with Crippen molar-refractivity contribution >= 4 is 33.7 Å². The van der Waals surface area contributed by atoms with E-state index in [0.29, 0.717) is 0 Å². The Hall–Kier alpha value is 0.0600. The van der Waals surface area contributed by atoms with Gasteiger partial charge in [0, 0.05) is 0 Å². The molecule has 0 saturated carbocycles. The Morgan fingerprint density at radius 3 is 2.36 bits per heavy atom. The van der Waals surface area contributed by atoms with Gasteiger partial charge in [-0.1, -0.05) is 52.9 Å². The Kier molecular flexibility index (Phi) is 3.47. The summed E-state index contributed by atoms with van der Waals surface area (Å²) >= 11 is 0.173. The number of benzene rings is 1. The molecule has 0 radical (unpaired) electrons. The van der Waals surface area contributed by atoms with E-state index in [4.69, 9.17) is 4.55 Å². The van der Waals surface area contributed by atoms with Crippen LogP contribution in [0.1, 0.15) is 8.82 Å². The first kappa shape index (κ1) is 9.15.